The molecule has 0 aliphatic heterocycles. The van der Waals surface area contributed by atoms with Crippen molar-refractivity contribution in [2.24, 2.45) is 0 Å². The third-order valence-corrected chi connectivity index (χ3v) is 7.37. The van der Waals surface area contributed by atoms with Gasteiger partial charge in [-0.1, -0.05) is 24.3 Å². The van der Waals surface area contributed by atoms with Crippen LogP contribution in [0.2, 0.25) is 0 Å². The van der Waals surface area contributed by atoms with Crippen molar-refractivity contribution in [2.75, 3.05) is 44.9 Å². The summed E-state index contributed by atoms with van der Waals surface area (Å²) in [6.07, 6.45) is 3.29. The minimum atomic E-state index is 0. The smallest absolute Gasteiger partial charge is 0.228 e. The second kappa shape index (κ2) is 13.8. The zero-order valence-electron chi connectivity index (χ0n) is 19.9. The average molecular weight is 508 g/mol. The minimum absolute atomic E-state index is 0. The van der Waals surface area contributed by atoms with E-state index >= 15 is 0 Å². The molecule has 0 saturated carbocycles. The summed E-state index contributed by atoms with van der Waals surface area (Å²) in [6, 6.07) is 14.5. The van der Waals surface area contributed by atoms with Crippen molar-refractivity contribution in [3.63, 3.8) is 0 Å². The van der Waals surface area contributed by atoms with Crippen LogP contribution in [0.4, 0.5) is 5.13 Å². The number of halogens is 1. The number of carbonyl (C=O) groups excluding carboxylic acids is 1. The highest BCUT2D eigenvalue weighted by molar-refractivity contribution is 7.99. The predicted molar refractivity (Wildman–Crippen MR) is 145 cm³/mol. The number of aryl methyl sites for hydroxylation is 1. The lowest BCUT2D eigenvalue weighted by molar-refractivity contribution is -0.118. The Balaban J connectivity index is 0.00000385. The molecule has 1 heterocycles. The van der Waals surface area contributed by atoms with Crippen LogP contribution in [0.1, 0.15) is 31.7 Å². The summed E-state index contributed by atoms with van der Waals surface area (Å²) in [5.41, 5.74) is 2.27. The van der Waals surface area contributed by atoms with Crippen LogP contribution in [0.25, 0.3) is 10.2 Å². The third kappa shape index (κ3) is 8.18. The van der Waals surface area contributed by atoms with Gasteiger partial charge in [0.15, 0.2) is 5.13 Å². The number of fused-ring (bicyclic) bond motifs is 1. The van der Waals surface area contributed by atoms with E-state index in [-0.39, 0.29) is 18.3 Å². The minimum Gasteiger partial charge on any atom is -0.497 e. The molecular weight excluding hydrogens is 474 g/mol. The molecule has 1 aromatic heterocycles. The summed E-state index contributed by atoms with van der Waals surface area (Å²) in [7, 11) is 5.80. The molecule has 0 saturated heterocycles. The molecule has 0 atom stereocenters. The largest absolute Gasteiger partial charge is 0.497 e. The molecule has 3 rings (SSSR count). The number of nitrogens with zero attached hydrogens (tertiary/aromatic N) is 3. The van der Waals surface area contributed by atoms with Gasteiger partial charge >= 0.3 is 0 Å². The monoisotopic (exact) mass is 507 g/mol. The molecule has 0 aliphatic rings. The Morgan fingerprint density at radius 1 is 1.09 bits per heavy atom. The number of hydrogen-bond acceptors (Lipinski definition) is 6. The highest BCUT2D eigenvalue weighted by Crippen LogP contribution is 2.31. The van der Waals surface area contributed by atoms with Gasteiger partial charge in [0.1, 0.15) is 5.75 Å². The lowest BCUT2D eigenvalue weighted by Gasteiger charge is -2.21. The van der Waals surface area contributed by atoms with Gasteiger partial charge in [0.05, 0.1) is 17.3 Å². The number of benzene rings is 2. The second-order valence-corrected chi connectivity index (χ2v) is 10.2. The predicted octanol–water partition coefficient (Wildman–Crippen LogP) is 6.15. The molecular formula is C25H34ClN3O2S2. The molecule has 0 bridgehead atoms. The topological polar surface area (TPSA) is 45.7 Å². The molecule has 0 fully saturated rings. The van der Waals surface area contributed by atoms with Crippen LogP contribution in [0.3, 0.4) is 0 Å². The van der Waals surface area contributed by atoms with E-state index < -0.39 is 0 Å². The number of amides is 1. The lowest BCUT2D eigenvalue weighted by Crippen LogP contribution is -2.33. The van der Waals surface area contributed by atoms with E-state index in [0.717, 1.165) is 52.7 Å². The molecule has 1 amide bonds. The molecule has 33 heavy (non-hydrogen) atoms. The fourth-order valence-electron chi connectivity index (χ4n) is 3.38. The van der Waals surface area contributed by atoms with Gasteiger partial charge in [-0.15, -0.1) is 24.2 Å². The van der Waals surface area contributed by atoms with Crippen molar-refractivity contribution < 1.29 is 9.53 Å². The van der Waals surface area contributed by atoms with Crippen molar-refractivity contribution in [3.05, 3.63) is 48.0 Å². The van der Waals surface area contributed by atoms with Gasteiger partial charge in [-0.2, -0.15) is 0 Å². The van der Waals surface area contributed by atoms with E-state index in [1.807, 2.05) is 17.0 Å². The van der Waals surface area contributed by atoms with Crippen LogP contribution < -0.4 is 9.64 Å². The van der Waals surface area contributed by atoms with Crippen LogP contribution >= 0.6 is 35.5 Å². The number of ether oxygens (including phenoxy) is 1. The Hall–Kier alpha value is -1.80. The number of thiazole rings is 1. The first kappa shape index (κ1) is 27.4. The zero-order valence-corrected chi connectivity index (χ0v) is 22.3. The van der Waals surface area contributed by atoms with Crippen LogP contribution in [0, 0.1) is 0 Å². The molecule has 0 radical (unpaired) electrons. The summed E-state index contributed by atoms with van der Waals surface area (Å²) in [6.45, 7) is 3.80. The van der Waals surface area contributed by atoms with Gasteiger partial charge < -0.3 is 9.64 Å². The van der Waals surface area contributed by atoms with Gasteiger partial charge in [0.25, 0.3) is 0 Å². The zero-order chi connectivity index (χ0) is 22.9. The number of aromatic nitrogens is 1. The Bertz CT molecular complexity index is 1010. The SMILES string of the molecule is CCc1ccc2nc(N(CCCN(C)C)C(=O)CCCSc3ccc(OC)cc3)sc2c1.Cl. The molecule has 2 aromatic carbocycles. The van der Waals surface area contributed by atoms with Crippen molar-refractivity contribution >= 4 is 56.8 Å². The Morgan fingerprint density at radius 3 is 2.52 bits per heavy atom. The average Bonchev–Trinajstić information content (AvgIpc) is 3.22. The van der Waals surface area contributed by atoms with Gasteiger partial charge in [-0.3, -0.25) is 9.69 Å². The maximum atomic E-state index is 13.2. The van der Waals surface area contributed by atoms with Gasteiger partial charge in [-0.25, -0.2) is 4.98 Å². The quantitative estimate of drug-likeness (QED) is 0.217. The Labute approximate surface area is 211 Å². The van der Waals surface area contributed by atoms with Crippen LogP contribution in [0.15, 0.2) is 47.4 Å². The van der Waals surface area contributed by atoms with Crippen molar-refractivity contribution in [1.29, 1.82) is 0 Å². The number of methoxy groups -OCH3 is 1. The molecule has 8 heteroatoms. The summed E-state index contributed by atoms with van der Waals surface area (Å²) >= 11 is 3.40. The number of hydrogen-bond donors (Lipinski definition) is 0. The molecule has 5 nitrogen and oxygen atoms in total. The highest BCUT2D eigenvalue weighted by atomic mass is 35.5. The van der Waals surface area contributed by atoms with E-state index in [1.54, 1.807) is 30.2 Å². The standard InChI is InChI=1S/C25H33N3O2S2.ClH/c1-5-19-9-14-22-23(18-19)32-25(26-22)28(16-7-15-27(2)3)24(29)8-6-17-31-21-12-10-20(30-4)11-13-21;/h9-14,18H,5-8,15-17H2,1-4H3;1H. The lowest BCUT2D eigenvalue weighted by atomic mass is 10.2. The summed E-state index contributed by atoms with van der Waals surface area (Å²) in [5, 5.41) is 0.819. The Morgan fingerprint density at radius 2 is 1.85 bits per heavy atom. The molecule has 0 aliphatic carbocycles. The summed E-state index contributed by atoms with van der Waals surface area (Å²) in [5.74, 6) is 1.93. The fraction of sp³-hybridized carbons (Fsp3) is 0.440. The first-order valence-electron chi connectivity index (χ1n) is 11.1. The third-order valence-electron chi connectivity index (χ3n) is 5.23. The van der Waals surface area contributed by atoms with Crippen molar-refractivity contribution in [3.8, 4) is 5.75 Å². The summed E-state index contributed by atoms with van der Waals surface area (Å²) in [4.78, 5) is 23.2. The number of thioether (sulfide) groups is 1. The van der Waals surface area contributed by atoms with E-state index in [1.165, 1.54) is 10.5 Å². The first-order valence-corrected chi connectivity index (χ1v) is 12.9. The normalized spacial score (nSPS) is 10.9. The molecule has 0 unspecified atom stereocenters. The van der Waals surface area contributed by atoms with E-state index in [4.69, 9.17) is 9.72 Å². The van der Waals surface area contributed by atoms with Gasteiger partial charge in [0, 0.05) is 17.9 Å². The van der Waals surface area contributed by atoms with E-state index in [2.05, 4.69) is 56.3 Å². The maximum absolute atomic E-state index is 13.2. The molecule has 180 valence electrons. The van der Waals surface area contributed by atoms with Crippen LogP contribution in [-0.4, -0.2) is 55.8 Å². The fourth-order valence-corrected chi connectivity index (χ4v) is 5.31. The Kier molecular flexibility index (Phi) is 11.5. The van der Waals surface area contributed by atoms with Crippen LogP contribution in [0.5, 0.6) is 5.75 Å². The van der Waals surface area contributed by atoms with Gasteiger partial charge in [0.2, 0.25) is 5.91 Å². The van der Waals surface area contributed by atoms with E-state index in [9.17, 15) is 4.79 Å². The van der Waals surface area contributed by atoms with Crippen LogP contribution in [-0.2, 0) is 11.2 Å². The van der Waals surface area contributed by atoms with E-state index in [0.29, 0.717) is 13.0 Å². The molecule has 3 aromatic rings. The maximum Gasteiger partial charge on any atom is 0.228 e. The highest BCUT2D eigenvalue weighted by Gasteiger charge is 2.19. The summed E-state index contributed by atoms with van der Waals surface area (Å²) < 4.78 is 6.36. The number of anilines is 1. The number of rotatable bonds is 12. The first-order chi connectivity index (χ1) is 15.5. The molecule has 0 spiro atoms. The number of carbonyl (C=O) groups is 1. The van der Waals surface area contributed by atoms with Gasteiger partial charge in [-0.05, 0) is 87.6 Å². The van der Waals surface area contributed by atoms with Crippen molar-refractivity contribution in [2.45, 2.75) is 37.5 Å². The van der Waals surface area contributed by atoms with Crippen molar-refractivity contribution in [1.82, 2.24) is 9.88 Å². The molecule has 0 N–H and O–H groups in total. The second-order valence-electron chi connectivity index (χ2n) is 7.98.